The third kappa shape index (κ3) is 6.08. The van der Waals surface area contributed by atoms with Gasteiger partial charge in [-0.05, 0) is 32.9 Å². The SMILES string of the molecule is CN(CCNCc1ccc(CO)o1)C(=O)OC(C)(C)C. The van der Waals surface area contributed by atoms with Crippen LogP contribution in [0.1, 0.15) is 32.3 Å². The zero-order chi connectivity index (χ0) is 15.2. The molecule has 6 heteroatoms. The maximum atomic E-state index is 11.7. The Hall–Kier alpha value is -1.53. The second kappa shape index (κ2) is 7.31. The number of carbonyl (C=O) groups is 1. The minimum atomic E-state index is -0.479. The summed E-state index contributed by atoms with van der Waals surface area (Å²) in [7, 11) is 1.70. The van der Waals surface area contributed by atoms with E-state index in [2.05, 4.69) is 5.32 Å². The number of hydrogen-bond acceptors (Lipinski definition) is 5. The molecular formula is C14H24N2O4. The highest BCUT2D eigenvalue weighted by atomic mass is 16.6. The topological polar surface area (TPSA) is 74.9 Å². The van der Waals surface area contributed by atoms with Crippen molar-refractivity contribution >= 4 is 6.09 Å². The molecular weight excluding hydrogens is 260 g/mol. The maximum Gasteiger partial charge on any atom is 0.410 e. The summed E-state index contributed by atoms with van der Waals surface area (Å²) in [5, 5.41) is 12.0. The molecule has 6 nitrogen and oxygen atoms in total. The fourth-order valence-corrected chi connectivity index (χ4v) is 1.49. The number of nitrogens with zero attached hydrogens (tertiary/aromatic N) is 1. The molecule has 0 unspecified atom stereocenters. The third-order valence-corrected chi connectivity index (χ3v) is 2.50. The number of rotatable bonds is 6. The first-order valence-electron chi connectivity index (χ1n) is 6.65. The van der Waals surface area contributed by atoms with E-state index in [1.807, 2.05) is 26.8 Å². The number of carbonyl (C=O) groups excluding carboxylic acids is 1. The summed E-state index contributed by atoms with van der Waals surface area (Å²) < 4.78 is 10.6. The van der Waals surface area contributed by atoms with E-state index in [9.17, 15) is 4.79 Å². The van der Waals surface area contributed by atoms with Gasteiger partial charge in [0.2, 0.25) is 0 Å². The Bertz CT molecular complexity index is 423. The van der Waals surface area contributed by atoms with Crippen LogP contribution in [0.15, 0.2) is 16.5 Å². The van der Waals surface area contributed by atoms with Gasteiger partial charge < -0.3 is 24.5 Å². The van der Waals surface area contributed by atoms with E-state index in [-0.39, 0.29) is 12.7 Å². The van der Waals surface area contributed by atoms with Crippen molar-refractivity contribution in [3.63, 3.8) is 0 Å². The van der Waals surface area contributed by atoms with Gasteiger partial charge in [0.25, 0.3) is 0 Å². The van der Waals surface area contributed by atoms with E-state index >= 15 is 0 Å². The molecule has 1 aromatic rings. The second-order valence-electron chi connectivity index (χ2n) is 5.60. The van der Waals surface area contributed by atoms with Gasteiger partial charge in [0.15, 0.2) is 0 Å². The molecule has 0 bridgehead atoms. The molecule has 0 spiro atoms. The smallest absolute Gasteiger partial charge is 0.410 e. The Labute approximate surface area is 119 Å². The van der Waals surface area contributed by atoms with E-state index < -0.39 is 5.60 Å². The zero-order valence-corrected chi connectivity index (χ0v) is 12.6. The summed E-state index contributed by atoms with van der Waals surface area (Å²) >= 11 is 0. The Morgan fingerprint density at radius 1 is 1.40 bits per heavy atom. The Morgan fingerprint density at radius 2 is 2.05 bits per heavy atom. The molecule has 2 N–H and O–H groups in total. The van der Waals surface area contributed by atoms with Crippen molar-refractivity contribution in [2.45, 2.75) is 39.5 Å². The zero-order valence-electron chi connectivity index (χ0n) is 12.6. The van der Waals surface area contributed by atoms with E-state index in [1.165, 1.54) is 4.90 Å². The quantitative estimate of drug-likeness (QED) is 0.778. The fraction of sp³-hybridized carbons (Fsp3) is 0.643. The summed E-state index contributed by atoms with van der Waals surface area (Å²) in [4.78, 5) is 13.2. The molecule has 0 aliphatic rings. The number of likely N-dealkylation sites (N-methyl/N-ethyl adjacent to an activating group) is 1. The van der Waals surface area contributed by atoms with Crippen LogP contribution in [0.4, 0.5) is 4.79 Å². The number of nitrogens with one attached hydrogen (secondary N) is 1. The normalized spacial score (nSPS) is 11.4. The van der Waals surface area contributed by atoms with E-state index in [1.54, 1.807) is 13.1 Å². The number of amides is 1. The largest absolute Gasteiger partial charge is 0.462 e. The van der Waals surface area contributed by atoms with E-state index in [0.717, 1.165) is 5.76 Å². The van der Waals surface area contributed by atoms with Crippen molar-refractivity contribution < 1.29 is 19.1 Å². The summed E-state index contributed by atoms with van der Waals surface area (Å²) in [5.74, 6) is 1.31. The van der Waals surface area contributed by atoms with Crippen LogP contribution < -0.4 is 5.32 Å². The van der Waals surface area contributed by atoms with Crippen LogP contribution in [0, 0.1) is 0 Å². The van der Waals surface area contributed by atoms with Crippen molar-refractivity contribution in [2.75, 3.05) is 20.1 Å². The Kier molecular flexibility index (Phi) is 6.04. The molecule has 0 saturated carbocycles. The molecule has 0 saturated heterocycles. The second-order valence-corrected chi connectivity index (χ2v) is 5.60. The number of ether oxygens (including phenoxy) is 1. The average Bonchev–Trinajstić information content (AvgIpc) is 2.80. The van der Waals surface area contributed by atoms with Crippen molar-refractivity contribution in [3.8, 4) is 0 Å². The fourth-order valence-electron chi connectivity index (χ4n) is 1.49. The van der Waals surface area contributed by atoms with Crippen LogP contribution in [0.2, 0.25) is 0 Å². The minimum absolute atomic E-state index is 0.0959. The molecule has 1 aromatic heterocycles. The van der Waals surface area contributed by atoms with Crippen molar-refractivity contribution in [1.82, 2.24) is 10.2 Å². The van der Waals surface area contributed by atoms with Crippen molar-refractivity contribution in [3.05, 3.63) is 23.7 Å². The highest BCUT2D eigenvalue weighted by molar-refractivity contribution is 5.67. The molecule has 1 heterocycles. The molecule has 0 radical (unpaired) electrons. The van der Waals surface area contributed by atoms with Gasteiger partial charge in [0.1, 0.15) is 23.7 Å². The summed E-state index contributed by atoms with van der Waals surface area (Å²) in [6.45, 7) is 7.16. The first-order valence-corrected chi connectivity index (χ1v) is 6.65. The lowest BCUT2D eigenvalue weighted by Crippen LogP contribution is -2.37. The van der Waals surface area contributed by atoms with Gasteiger partial charge >= 0.3 is 6.09 Å². The number of hydrogen-bond donors (Lipinski definition) is 2. The number of aliphatic hydroxyl groups excluding tert-OH is 1. The number of aliphatic hydroxyl groups is 1. The Balaban J connectivity index is 2.21. The first-order chi connectivity index (χ1) is 9.31. The van der Waals surface area contributed by atoms with Crippen LogP contribution in [-0.4, -0.2) is 41.8 Å². The molecule has 20 heavy (non-hydrogen) atoms. The summed E-state index contributed by atoms with van der Waals surface area (Å²) in [6.07, 6.45) is -0.333. The average molecular weight is 284 g/mol. The highest BCUT2D eigenvalue weighted by Crippen LogP contribution is 2.09. The Morgan fingerprint density at radius 3 is 2.60 bits per heavy atom. The molecule has 0 atom stereocenters. The highest BCUT2D eigenvalue weighted by Gasteiger charge is 2.19. The molecule has 114 valence electrons. The first kappa shape index (κ1) is 16.5. The van der Waals surface area contributed by atoms with Gasteiger partial charge in [-0.2, -0.15) is 0 Å². The minimum Gasteiger partial charge on any atom is -0.462 e. The van der Waals surface area contributed by atoms with Gasteiger partial charge in [-0.25, -0.2) is 4.79 Å². The van der Waals surface area contributed by atoms with Crippen LogP contribution in [0.25, 0.3) is 0 Å². The molecule has 0 aromatic carbocycles. The van der Waals surface area contributed by atoms with Crippen LogP contribution in [0.5, 0.6) is 0 Å². The van der Waals surface area contributed by atoms with Gasteiger partial charge in [0, 0.05) is 20.1 Å². The van der Waals surface area contributed by atoms with Gasteiger partial charge in [-0.15, -0.1) is 0 Å². The van der Waals surface area contributed by atoms with Crippen LogP contribution >= 0.6 is 0 Å². The van der Waals surface area contributed by atoms with E-state index in [4.69, 9.17) is 14.3 Å². The standard InChI is InChI=1S/C14H24N2O4/c1-14(2,3)20-13(18)16(4)8-7-15-9-11-5-6-12(10-17)19-11/h5-6,15,17H,7-10H2,1-4H3. The molecule has 0 aliphatic heterocycles. The molecule has 0 fully saturated rings. The predicted molar refractivity (Wildman–Crippen MR) is 75.2 cm³/mol. The molecule has 1 rings (SSSR count). The van der Waals surface area contributed by atoms with Crippen LogP contribution in [0.3, 0.4) is 0 Å². The lowest BCUT2D eigenvalue weighted by molar-refractivity contribution is 0.0300. The lowest BCUT2D eigenvalue weighted by atomic mass is 10.2. The van der Waals surface area contributed by atoms with Crippen LogP contribution in [-0.2, 0) is 17.9 Å². The predicted octanol–water partition coefficient (Wildman–Crippen LogP) is 1.73. The lowest BCUT2D eigenvalue weighted by Gasteiger charge is -2.24. The molecule has 0 aliphatic carbocycles. The van der Waals surface area contributed by atoms with E-state index in [0.29, 0.717) is 25.4 Å². The van der Waals surface area contributed by atoms with Gasteiger partial charge in [-0.3, -0.25) is 0 Å². The van der Waals surface area contributed by atoms with Gasteiger partial charge in [0.05, 0.1) is 6.54 Å². The monoisotopic (exact) mass is 284 g/mol. The number of furan rings is 1. The summed E-state index contributed by atoms with van der Waals surface area (Å²) in [6, 6.07) is 3.56. The molecule has 1 amide bonds. The maximum absolute atomic E-state index is 11.7. The van der Waals surface area contributed by atoms with Crippen molar-refractivity contribution in [2.24, 2.45) is 0 Å². The third-order valence-electron chi connectivity index (χ3n) is 2.50. The summed E-state index contributed by atoms with van der Waals surface area (Å²) in [5.41, 5.74) is -0.479. The van der Waals surface area contributed by atoms with Crippen molar-refractivity contribution in [1.29, 1.82) is 0 Å². The van der Waals surface area contributed by atoms with Gasteiger partial charge in [-0.1, -0.05) is 0 Å².